The van der Waals surface area contributed by atoms with E-state index in [1.807, 2.05) is 30.3 Å². The molecule has 4 N–H and O–H groups in total. The molecule has 1 heterocycles. The van der Waals surface area contributed by atoms with E-state index < -0.39 is 0 Å². The summed E-state index contributed by atoms with van der Waals surface area (Å²) < 4.78 is 0. The Kier molecular flexibility index (Phi) is 2.31. The molecule has 0 saturated heterocycles. The number of hydrogen-bond donors (Lipinski definition) is 3. The number of H-pyrrole nitrogens is 1. The topological polar surface area (TPSA) is 79.6 Å². The van der Waals surface area contributed by atoms with E-state index in [4.69, 9.17) is 5.73 Å². The van der Waals surface area contributed by atoms with Crippen molar-refractivity contribution in [2.75, 3.05) is 11.1 Å². The van der Waals surface area contributed by atoms with Gasteiger partial charge >= 0.3 is 0 Å². The number of nitrogens with one attached hydrogen (secondary N) is 2. The Morgan fingerprint density at radius 1 is 1.29 bits per heavy atom. The number of nitrogens with two attached hydrogens (primary N) is 1. The minimum atomic E-state index is 0.273. The monoisotopic (exact) mass is 189 g/mol. The Balaban J connectivity index is 1.95. The van der Waals surface area contributed by atoms with E-state index in [1.54, 1.807) is 0 Å². The molecule has 0 aliphatic heterocycles. The average molecular weight is 189 g/mol. The molecule has 1 aromatic heterocycles. The zero-order valence-electron chi connectivity index (χ0n) is 7.57. The summed E-state index contributed by atoms with van der Waals surface area (Å²) in [4.78, 5) is 3.97. The van der Waals surface area contributed by atoms with Crippen molar-refractivity contribution >= 4 is 11.6 Å². The highest BCUT2D eigenvalue weighted by molar-refractivity contribution is 5.42. The molecule has 0 radical (unpaired) electrons. The summed E-state index contributed by atoms with van der Waals surface area (Å²) in [5.74, 6) is 1.00. The molecule has 1 aromatic carbocycles. The van der Waals surface area contributed by atoms with Gasteiger partial charge in [0.25, 0.3) is 0 Å². The number of para-hydroxylation sites is 1. The van der Waals surface area contributed by atoms with Crippen molar-refractivity contribution in [2.45, 2.75) is 6.54 Å². The van der Waals surface area contributed by atoms with Crippen LogP contribution in [0, 0.1) is 0 Å². The number of aromatic nitrogens is 3. The van der Waals surface area contributed by atoms with Gasteiger partial charge in [0.2, 0.25) is 5.95 Å². The van der Waals surface area contributed by atoms with Crippen molar-refractivity contribution in [3.8, 4) is 0 Å². The van der Waals surface area contributed by atoms with Crippen LogP contribution in [0.3, 0.4) is 0 Å². The third-order valence-electron chi connectivity index (χ3n) is 1.78. The van der Waals surface area contributed by atoms with Gasteiger partial charge in [-0.05, 0) is 12.1 Å². The molecule has 0 aliphatic rings. The molecule has 0 aliphatic carbocycles. The molecule has 72 valence electrons. The maximum absolute atomic E-state index is 5.37. The molecule has 5 heteroatoms. The minimum Gasteiger partial charge on any atom is -0.378 e. The van der Waals surface area contributed by atoms with Gasteiger partial charge in [-0.25, -0.2) is 0 Å². The quantitative estimate of drug-likeness (QED) is 0.673. The van der Waals surface area contributed by atoms with Crippen LogP contribution in [-0.4, -0.2) is 15.2 Å². The van der Waals surface area contributed by atoms with Crippen LogP contribution in [-0.2, 0) is 6.54 Å². The molecule has 5 nitrogen and oxygen atoms in total. The second-order valence-electron chi connectivity index (χ2n) is 2.86. The number of hydrogen-bond acceptors (Lipinski definition) is 4. The lowest BCUT2D eigenvalue weighted by Crippen LogP contribution is -2.01. The van der Waals surface area contributed by atoms with Crippen LogP contribution in [0.4, 0.5) is 11.6 Å². The van der Waals surface area contributed by atoms with Crippen LogP contribution in [0.15, 0.2) is 30.3 Å². The summed E-state index contributed by atoms with van der Waals surface area (Å²) in [5, 5.41) is 9.64. The lowest BCUT2D eigenvalue weighted by atomic mass is 10.3. The number of anilines is 2. The Hall–Kier alpha value is -2.04. The number of rotatable bonds is 3. The third kappa shape index (κ3) is 2.01. The zero-order valence-corrected chi connectivity index (χ0v) is 7.57. The van der Waals surface area contributed by atoms with E-state index in [0.29, 0.717) is 6.54 Å². The van der Waals surface area contributed by atoms with Gasteiger partial charge in [0.1, 0.15) is 5.82 Å². The van der Waals surface area contributed by atoms with Gasteiger partial charge in [0, 0.05) is 5.69 Å². The molecule has 0 spiro atoms. The molecular weight excluding hydrogens is 178 g/mol. The van der Waals surface area contributed by atoms with Crippen molar-refractivity contribution in [2.24, 2.45) is 0 Å². The van der Waals surface area contributed by atoms with Crippen LogP contribution in [0.25, 0.3) is 0 Å². The summed E-state index contributed by atoms with van der Waals surface area (Å²) >= 11 is 0. The minimum absolute atomic E-state index is 0.273. The fourth-order valence-electron chi connectivity index (χ4n) is 1.13. The van der Waals surface area contributed by atoms with Crippen LogP contribution < -0.4 is 11.1 Å². The standard InChI is InChI=1S/C9H11N5/c10-9-12-8(13-14-9)6-11-7-4-2-1-3-5-7/h1-5,11H,6H2,(H3,10,12,13,14). The zero-order chi connectivity index (χ0) is 9.80. The highest BCUT2D eigenvalue weighted by Crippen LogP contribution is 2.06. The first-order valence-corrected chi connectivity index (χ1v) is 4.30. The van der Waals surface area contributed by atoms with Gasteiger partial charge in [-0.2, -0.15) is 4.98 Å². The van der Waals surface area contributed by atoms with Crippen molar-refractivity contribution < 1.29 is 0 Å². The second kappa shape index (κ2) is 3.78. The lowest BCUT2D eigenvalue weighted by Gasteiger charge is -2.02. The molecular formula is C9H11N5. The summed E-state index contributed by atoms with van der Waals surface area (Å²) in [5.41, 5.74) is 6.41. The maximum atomic E-state index is 5.37. The van der Waals surface area contributed by atoms with Crippen LogP contribution in [0.2, 0.25) is 0 Å². The molecule has 0 amide bonds. The van der Waals surface area contributed by atoms with Crippen molar-refractivity contribution in [1.29, 1.82) is 0 Å². The largest absolute Gasteiger partial charge is 0.378 e. The number of nitrogens with zero attached hydrogens (tertiary/aromatic N) is 2. The van der Waals surface area contributed by atoms with E-state index in [9.17, 15) is 0 Å². The molecule has 14 heavy (non-hydrogen) atoms. The van der Waals surface area contributed by atoms with Crippen molar-refractivity contribution in [3.05, 3.63) is 36.2 Å². The van der Waals surface area contributed by atoms with Crippen molar-refractivity contribution in [3.63, 3.8) is 0 Å². The normalized spacial score (nSPS) is 10.0. The molecule has 2 aromatic rings. The second-order valence-corrected chi connectivity index (χ2v) is 2.86. The fraction of sp³-hybridized carbons (Fsp3) is 0.111. The third-order valence-corrected chi connectivity index (χ3v) is 1.78. The molecule has 2 rings (SSSR count). The van der Waals surface area contributed by atoms with Gasteiger partial charge in [-0.15, -0.1) is 5.10 Å². The summed E-state index contributed by atoms with van der Waals surface area (Å²) in [6.07, 6.45) is 0. The molecule has 0 saturated carbocycles. The number of aromatic amines is 1. The first kappa shape index (κ1) is 8.55. The van der Waals surface area contributed by atoms with E-state index >= 15 is 0 Å². The Morgan fingerprint density at radius 2 is 2.07 bits per heavy atom. The van der Waals surface area contributed by atoms with Crippen LogP contribution in [0.5, 0.6) is 0 Å². The Bertz CT molecular complexity index is 395. The Morgan fingerprint density at radius 3 is 2.71 bits per heavy atom. The highest BCUT2D eigenvalue weighted by atomic mass is 15.3. The van der Waals surface area contributed by atoms with Gasteiger partial charge in [-0.3, -0.25) is 5.10 Å². The molecule has 0 fully saturated rings. The fourth-order valence-corrected chi connectivity index (χ4v) is 1.13. The van der Waals surface area contributed by atoms with E-state index in [-0.39, 0.29) is 5.95 Å². The number of nitrogen functional groups attached to an aromatic ring is 1. The Labute approximate surface area is 81.4 Å². The first-order valence-electron chi connectivity index (χ1n) is 4.30. The SMILES string of the molecule is Nc1n[nH]c(CNc2ccccc2)n1. The van der Waals surface area contributed by atoms with Crippen molar-refractivity contribution in [1.82, 2.24) is 15.2 Å². The predicted octanol–water partition coefficient (Wildman–Crippen LogP) is 0.999. The smallest absolute Gasteiger partial charge is 0.239 e. The predicted molar refractivity (Wildman–Crippen MR) is 54.6 cm³/mol. The maximum Gasteiger partial charge on any atom is 0.239 e. The van der Waals surface area contributed by atoms with Crippen LogP contribution in [0.1, 0.15) is 5.82 Å². The number of benzene rings is 1. The molecule has 0 atom stereocenters. The van der Waals surface area contributed by atoms with E-state index in [0.717, 1.165) is 11.5 Å². The van der Waals surface area contributed by atoms with Gasteiger partial charge in [0.15, 0.2) is 0 Å². The first-order chi connectivity index (χ1) is 6.84. The average Bonchev–Trinajstić information content (AvgIpc) is 2.63. The molecule has 0 unspecified atom stereocenters. The summed E-state index contributed by atoms with van der Waals surface area (Å²) in [6, 6.07) is 9.88. The summed E-state index contributed by atoms with van der Waals surface area (Å²) in [6.45, 7) is 0.591. The molecule has 0 bridgehead atoms. The van der Waals surface area contributed by atoms with E-state index in [1.165, 1.54) is 0 Å². The van der Waals surface area contributed by atoms with Gasteiger partial charge < -0.3 is 11.1 Å². The lowest BCUT2D eigenvalue weighted by molar-refractivity contribution is 0.955. The van der Waals surface area contributed by atoms with Gasteiger partial charge in [0.05, 0.1) is 6.54 Å². The highest BCUT2D eigenvalue weighted by Gasteiger charge is 1.98. The summed E-state index contributed by atoms with van der Waals surface area (Å²) in [7, 11) is 0. The van der Waals surface area contributed by atoms with Gasteiger partial charge in [-0.1, -0.05) is 18.2 Å². The van der Waals surface area contributed by atoms with E-state index in [2.05, 4.69) is 20.5 Å². The van der Waals surface area contributed by atoms with Crippen LogP contribution >= 0.6 is 0 Å².